The zero-order valence-corrected chi connectivity index (χ0v) is 11.6. The standard InChI is InChI=1S/C13H16N2O3S/c1-3-10(16)14-13-15-11-8(12(17)18-4-2)6-5-7-9(11)19-13/h3,8H,1,4-7H2,2H3,(H,14,15,16). The van der Waals surface area contributed by atoms with E-state index >= 15 is 0 Å². The molecule has 1 aliphatic carbocycles. The number of rotatable bonds is 4. The molecule has 102 valence electrons. The fourth-order valence-electron chi connectivity index (χ4n) is 2.10. The lowest BCUT2D eigenvalue weighted by atomic mass is 9.91. The third kappa shape index (κ3) is 3.01. The number of nitrogens with one attached hydrogen (secondary N) is 1. The number of esters is 1. The summed E-state index contributed by atoms with van der Waals surface area (Å²) in [4.78, 5) is 28.6. The molecule has 1 aromatic rings. The number of carbonyl (C=O) groups is 2. The first-order valence-corrected chi connectivity index (χ1v) is 7.07. The van der Waals surface area contributed by atoms with Crippen molar-refractivity contribution in [1.29, 1.82) is 0 Å². The van der Waals surface area contributed by atoms with Crippen molar-refractivity contribution in [3.8, 4) is 0 Å². The van der Waals surface area contributed by atoms with Crippen LogP contribution in [0.1, 0.15) is 36.3 Å². The van der Waals surface area contributed by atoms with Gasteiger partial charge >= 0.3 is 5.97 Å². The van der Waals surface area contributed by atoms with Crippen LogP contribution < -0.4 is 5.32 Å². The Bertz CT molecular complexity index is 510. The lowest BCUT2D eigenvalue weighted by Gasteiger charge is -2.18. The molecule has 1 N–H and O–H groups in total. The molecule has 0 radical (unpaired) electrons. The lowest BCUT2D eigenvalue weighted by molar-refractivity contribution is -0.145. The summed E-state index contributed by atoms with van der Waals surface area (Å²) < 4.78 is 5.07. The number of thiazole rings is 1. The molecule has 0 fully saturated rings. The molecule has 0 spiro atoms. The monoisotopic (exact) mass is 280 g/mol. The molecular weight excluding hydrogens is 264 g/mol. The highest BCUT2D eigenvalue weighted by atomic mass is 32.1. The number of fused-ring (bicyclic) bond motifs is 1. The number of hydrogen-bond donors (Lipinski definition) is 1. The molecule has 5 nitrogen and oxygen atoms in total. The molecule has 0 saturated carbocycles. The van der Waals surface area contributed by atoms with E-state index in [0.717, 1.165) is 29.8 Å². The molecule has 1 unspecified atom stereocenters. The molecule has 0 aliphatic heterocycles. The highest BCUT2D eigenvalue weighted by Gasteiger charge is 2.31. The maximum absolute atomic E-state index is 11.9. The summed E-state index contributed by atoms with van der Waals surface area (Å²) in [6, 6.07) is 0. The van der Waals surface area contributed by atoms with Gasteiger partial charge in [0.15, 0.2) is 5.13 Å². The van der Waals surface area contributed by atoms with Gasteiger partial charge in [-0.1, -0.05) is 6.58 Å². The normalized spacial score (nSPS) is 17.4. The number of ether oxygens (including phenoxy) is 1. The van der Waals surface area contributed by atoms with Crippen LogP contribution in [0.25, 0.3) is 0 Å². The van der Waals surface area contributed by atoms with Crippen LogP contribution in [-0.4, -0.2) is 23.5 Å². The molecule has 2 rings (SSSR count). The fourth-order valence-corrected chi connectivity index (χ4v) is 3.17. The Morgan fingerprint density at radius 3 is 3.11 bits per heavy atom. The van der Waals surface area contributed by atoms with Crippen molar-refractivity contribution in [3.05, 3.63) is 23.2 Å². The Morgan fingerprint density at radius 1 is 1.63 bits per heavy atom. The second-order valence-corrected chi connectivity index (χ2v) is 5.30. The van der Waals surface area contributed by atoms with Crippen LogP contribution in [0.2, 0.25) is 0 Å². The van der Waals surface area contributed by atoms with E-state index < -0.39 is 0 Å². The molecule has 19 heavy (non-hydrogen) atoms. The van der Waals surface area contributed by atoms with E-state index in [0.29, 0.717) is 11.7 Å². The van der Waals surface area contributed by atoms with E-state index in [1.165, 1.54) is 17.4 Å². The van der Waals surface area contributed by atoms with E-state index in [4.69, 9.17) is 4.74 Å². The molecule has 1 amide bonds. The van der Waals surface area contributed by atoms with Gasteiger partial charge in [-0.2, -0.15) is 0 Å². The van der Waals surface area contributed by atoms with Gasteiger partial charge in [-0.3, -0.25) is 14.9 Å². The summed E-state index contributed by atoms with van der Waals surface area (Å²) in [6.45, 7) is 5.56. The topological polar surface area (TPSA) is 68.3 Å². The summed E-state index contributed by atoms with van der Waals surface area (Å²) in [5, 5.41) is 3.16. The molecule has 1 aromatic heterocycles. The fraction of sp³-hybridized carbons (Fsp3) is 0.462. The average molecular weight is 280 g/mol. The van der Waals surface area contributed by atoms with E-state index in [1.807, 2.05) is 0 Å². The van der Waals surface area contributed by atoms with Gasteiger partial charge in [0, 0.05) is 4.88 Å². The Balaban J connectivity index is 2.21. The Morgan fingerprint density at radius 2 is 2.42 bits per heavy atom. The second-order valence-electron chi connectivity index (χ2n) is 4.22. The minimum absolute atomic E-state index is 0.227. The van der Waals surface area contributed by atoms with Crippen LogP contribution in [0, 0.1) is 0 Å². The maximum Gasteiger partial charge on any atom is 0.315 e. The molecule has 0 bridgehead atoms. The van der Waals surface area contributed by atoms with Crippen LogP contribution in [0.15, 0.2) is 12.7 Å². The SMILES string of the molecule is C=CC(=O)Nc1nc2c(s1)CCCC2C(=O)OCC. The minimum atomic E-state index is -0.297. The highest BCUT2D eigenvalue weighted by molar-refractivity contribution is 7.15. The van der Waals surface area contributed by atoms with Gasteiger partial charge in [-0.05, 0) is 32.3 Å². The third-order valence-electron chi connectivity index (χ3n) is 2.94. The van der Waals surface area contributed by atoms with Crippen LogP contribution in [0.3, 0.4) is 0 Å². The van der Waals surface area contributed by atoms with E-state index in [2.05, 4.69) is 16.9 Å². The number of amides is 1. The van der Waals surface area contributed by atoms with Gasteiger partial charge in [-0.15, -0.1) is 11.3 Å². The predicted molar refractivity (Wildman–Crippen MR) is 73.3 cm³/mol. The zero-order valence-electron chi connectivity index (χ0n) is 10.8. The van der Waals surface area contributed by atoms with Crippen molar-refractivity contribution >= 4 is 28.3 Å². The van der Waals surface area contributed by atoms with E-state index in [1.54, 1.807) is 6.92 Å². The van der Waals surface area contributed by atoms with Crippen LogP contribution in [0.4, 0.5) is 5.13 Å². The van der Waals surface area contributed by atoms with E-state index in [-0.39, 0.29) is 17.8 Å². The Labute approximate surface area is 115 Å². The first-order valence-electron chi connectivity index (χ1n) is 6.25. The first-order chi connectivity index (χ1) is 9.15. The number of nitrogens with zero attached hydrogens (tertiary/aromatic N) is 1. The zero-order chi connectivity index (χ0) is 13.8. The van der Waals surface area contributed by atoms with Gasteiger partial charge in [0.05, 0.1) is 12.3 Å². The van der Waals surface area contributed by atoms with E-state index in [9.17, 15) is 9.59 Å². The summed E-state index contributed by atoms with van der Waals surface area (Å²) in [6.07, 6.45) is 3.79. The van der Waals surface area contributed by atoms with Crippen LogP contribution >= 0.6 is 11.3 Å². The molecule has 6 heteroatoms. The van der Waals surface area contributed by atoms with Gasteiger partial charge in [0.2, 0.25) is 5.91 Å². The van der Waals surface area contributed by atoms with Gasteiger partial charge < -0.3 is 4.74 Å². The summed E-state index contributed by atoms with van der Waals surface area (Å²) in [7, 11) is 0. The second kappa shape index (κ2) is 5.97. The van der Waals surface area contributed by atoms with Crippen molar-refractivity contribution < 1.29 is 14.3 Å². The Hall–Kier alpha value is -1.69. The minimum Gasteiger partial charge on any atom is -0.465 e. The number of anilines is 1. The van der Waals surface area contributed by atoms with Crippen molar-refractivity contribution in [2.24, 2.45) is 0 Å². The molecule has 1 atom stereocenters. The molecule has 1 aliphatic rings. The highest BCUT2D eigenvalue weighted by Crippen LogP contribution is 2.37. The number of hydrogen-bond acceptors (Lipinski definition) is 5. The van der Waals surface area contributed by atoms with Crippen molar-refractivity contribution in [2.75, 3.05) is 11.9 Å². The number of aryl methyl sites for hydroxylation is 1. The van der Waals surface area contributed by atoms with Crippen molar-refractivity contribution in [1.82, 2.24) is 4.98 Å². The first kappa shape index (κ1) is 13.7. The van der Waals surface area contributed by atoms with Gasteiger partial charge in [0.25, 0.3) is 0 Å². The molecular formula is C13H16N2O3S. The maximum atomic E-state index is 11.9. The number of carbonyl (C=O) groups excluding carboxylic acids is 2. The largest absolute Gasteiger partial charge is 0.465 e. The smallest absolute Gasteiger partial charge is 0.315 e. The Kier molecular flexibility index (Phi) is 4.31. The van der Waals surface area contributed by atoms with Gasteiger partial charge in [0.1, 0.15) is 5.92 Å². The molecule has 0 saturated heterocycles. The summed E-state index contributed by atoms with van der Waals surface area (Å²) >= 11 is 1.42. The third-order valence-corrected chi connectivity index (χ3v) is 3.99. The lowest BCUT2D eigenvalue weighted by Crippen LogP contribution is -2.20. The molecule has 0 aromatic carbocycles. The quantitative estimate of drug-likeness (QED) is 0.678. The van der Waals surface area contributed by atoms with Crippen molar-refractivity contribution in [3.63, 3.8) is 0 Å². The van der Waals surface area contributed by atoms with Gasteiger partial charge in [-0.25, -0.2) is 4.98 Å². The molecule has 1 heterocycles. The summed E-state index contributed by atoms with van der Waals surface area (Å²) in [5.74, 6) is -0.816. The summed E-state index contributed by atoms with van der Waals surface area (Å²) in [5.41, 5.74) is 0.758. The number of aromatic nitrogens is 1. The van der Waals surface area contributed by atoms with Crippen LogP contribution in [0.5, 0.6) is 0 Å². The van der Waals surface area contributed by atoms with Crippen molar-refractivity contribution in [2.45, 2.75) is 32.1 Å². The predicted octanol–water partition coefficient (Wildman–Crippen LogP) is 2.25. The average Bonchev–Trinajstić information content (AvgIpc) is 2.80. The van der Waals surface area contributed by atoms with Crippen LogP contribution in [-0.2, 0) is 20.7 Å².